The average Bonchev–Trinajstić information content (AvgIpc) is 3.21. The average molecular weight is 403 g/mol. The Balaban J connectivity index is 1.89. The number of nitrogens with one attached hydrogen (secondary N) is 1. The number of carbonyl (C=O) groups excluding carboxylic acids is 1. The lowest BCUT2D eigenvalue weighted by atomic mass is 10.1. The summed E-state index contributed by atoms with van der Waals surface area (Å²) in [4.78, 5) is 15.3. The third-order valence-corrected chi connectivity index (χ3v) is 4.66. The monoisotopic (exact) mass is 402 g/mol. The van der Waals surface area contributed by atoms with Crippen molar-refractivity contribution in [3.05, 3.63) is 64.6 Å². The van der Waals surface area contributed by atoms with E-state index in [0.717, 1.165) is 33.6 Å². The summed E-state index contributed by atoms with van der Waals surface area (Å²) in [6.45, 7) is 10.9. The number of hydrogen-bond acceptors (Lipinski definition) is 6. The Kier molecular flexibility index (Phi) is 6.85. The van der Waals surface area contributed by atoms with E-state index in [2.05, 4.69) is 41.0 Å². The number of carbonyl (C=O) groups is 1. The van der Waals surface area contributed by atoms with Crippen molar-refractivity contribution in [2.45, 2.75) is 39.7 Å². The molecule has 3 heterocycles. The molecule has 0 saturated heterocycles. The number of rotatable bonds is 8. The zero-order chi connectivity index (χ0) is 21.5. The van der Waals surface area contributed by atoms with Gasteiger partial charge in [0, 0.05) is 24.7 Å². The Morgan fingerprint density at radius 1 is 1.27 bits per heavy atom. The number of aromatic nitrogens is 5. The van der Waals surface area contributed by atoms with Gasteiger partial charge in [-0.05, 0) is 53.5 Å². The Morgan fingerprint density at radius 3 is 2.83 bits per heavy atom. The Morgan fingerprint density at radius 2 is 2.10 bits per heavy atom. The minimum Gasteiger partial charge on any atom is -0.323 e. The van der Waals surface area contributed by atoms with Crippen molar-refractivity contribution in [2.24, 2.45) is 0 Å². The summed E-state index contributed by atoms with van der Waals surface area (Å²) in [6.07, 6.45) is 10.8. The fourth-order valence-electron chi connectivity index (χ4n) is 2.89. The number of anilines is 2. The smallest absolute Gasteiger partial charge is 0.154 e. The normalized spacial score (nSPS) is 12.4. The summed E-state index contributed by atoms with van der Waals surface area (Å²) in [6, 6.07) is 5.77. The lowest BCUT2D eigenvalue weighted by molar-refractivity contribution is -0.108. The van der Waals surface area contributed by atoms with Crippen LogP contribution in [0.15, 0.2) is 42.9 Å². The molecule has 0 spiro atoms. The summed E-state index contributed by atoms with van der Waals surface area (Å²) in [5, 5.41) is 17.3. The standard InChI is InChI=1S/C23H26N6O/c1-5-18(20-14-25-29(15-20)9-6-10-30)11-21-17(4)7-8-22(26-21)27-23-12-19(16(2)3)13-24-28-23/h5,7-8,10-16H,4,6,9H2,1-3H3,(H,26,27,28)/b18-5+,21-11+. The van der Waals surface area contributed by atoms with Gasteiger partial charge in [0.05, 0.1) is 17.7 Å². The molecule has 7 nitrogen and oxygen atoms in total. The molecule has 0 atom stereocenters. The molecular weight excluding hydrogens is 376 g/mol. The first-order chi connectivity index (χ1) is 14.5. The van der Waals surface area contributed by atoms with Gasteiger partial charge in [0.25, 0.3) is 0 Å². The van der Waals surface area contributed by atoms with Crippen LogP contribution in [-0.4, -0.2) is 31.2 Å². The van der Waals surface area contributed by atoms with Gasteiger partial charge in [-0.25, -0.2) is 4.98 Å². The van der Waals surface area contributed by atoms with Gasteiger partial charge >= 0.3 is 0 Å². The third-order valence-electron chi connectivity index (χ3n) is 4.66. The number of aldehydes is 1. The number of nitrogens with zero attached hydrogens (tertiary/aromatic N) is 5. The summed E-state index contributed by atoms with van der Waals surface area (Å²) in [5.41, 5.74) is 3.04. The Bertz CT molecular complexity index is 1160. The molecule has 0 aliphatic heterocycles. The van der Waals surface area contributed by atoms with Crippen LogP contribution in [0.5, 0.6) is 0 Å². The number of hydrogen-bond donors (Lipinski definition) is 1. The molecule has 0 saturated carbocycles. The lowest BCUT2D eigenvalue weighted by Gasteiger charge is -2.08. The van der Waals surface area contributed by atoms with Crippen LogP contribution in [-0.2, 0) is 11.3 Å². The predicted octanol–water partition coefficient (Wildman–Crippen LogP) is 2.82. The van der Waals surface area contributed by atoms with Crippen molar-refractivity contribution < 1.29 is 4.79 Å². The first-order valence-electron chi connectivity index (χ1n) is 9.90. The van der Waals surface area contributed by atoms with Crippen LogP contribution < -0.4 is 15.9 Å². The first-order valence-corrected chi connectivity index (χ1v) is 9.90. The highest BCUT2D eigenvalue weighted by molar-refractivity contribution is 5.87. The van der Waals surface area contributed by atoms with Gasteiger partial charge in [0.15, 0.2) is 5.82 Å². The van der Waals surface area contributed by atoms with E-state index in [1.54, 1.807) is 17.1 Å². The zero-order valence-corrected chi connectivity index (χ0v) is 17.5. The maximum atomic E-state index is 10.6. The molecule has 0 unspecified atom stereocenters. The van der Waals surface area contributed by atoms with Crippen molar-refractivity contribution >= 4 is 36.1 Å². The maximum Gasteiger partial charge on any atom is 0.154 e. The maximum absolute atomic E-state index is 10.6. The summed E-state index contributed by atoms with van der Waals surface area (Å²) >= 11 is 0. The van der Waals surface area contributed by atoms with Crippen LogP contribution in [0.25, 0.3) is 18.2 Å². The van der Waals surface area contributed by atoms with E-state index in [1.165, 1.54) is 0 Å². The Labute approximate surface area is 175 Å². The SMILES string of the molecule is C=c1ccc(Nc2cc(C(C)C)cnn2)n/c1=C/C(=C\C)c1cnn(CCC=O)c1. The van der Waals surface area contributed by atoms with E-state index in [0.29, 0.717) is 30.5 Å². The highest BCUT2D eigenvalue weighted by atomic mass is 16.1. The molecule has 0 radical (unpaired) electrons. The lowest BCUT2D eigenvalue weighted by Crippen LogP contribution is -2.27. The molecule has 0 fully saturated rings. The molecule has 7 heteroatoms. The van der Waals surface area contributed by atoms with Gasteiger partial charge in [-0.15, -0.1) is 5.10 Å². The van der Waals surface area contributed by atoms with Crippen molar-refractivity contribution in [1.29, 1.82) is 0 Å². The van der Waals surface area contributed by atoms with Crippen LogP contribution >= 0.6 is 0 Å². The Hall–Kier alpha value is -3.61. The second kappa shape index (κ2) is 9.73. The molecule has 0 aromatic carbocycles. The van der Waals surface area contributed by atoms with Crippen molar-refractivity contribution in [3.8, 4) is 0 Å². The first kappa shape index (κ1) is 21.1. The molecule has 3 aromatic rings. The topological polar surface area (TPSA) is 85.6 Å². The predicted molar refractivity (Wildman–Crippen MR) is 119 cm³/mol. The van der Waals surface area contributed by atoms with E-state index in [1.807, 2.05) is 43.5 Å². The molecule has 0 aliphatic carbocycles. The number of pyridine rings is 1. The van der Waals surface area contributed by atoms with E-state index in [-0.39, 0.29) is 0 Å². The number of allylic oxidation sites excluding steroid dienone is 2. The summed E-state index contributed by atoms with van der Waals surface area (Å²) in [7, 11) is 0. The van der Waals surface area contributed by atoms with Crippen LogP contribution in [0.4, 0.5) is 11.6 Å². The van der Waals surface area contributed by atoms with Gasteiger partial charge in [-0.2, -0.15) is 10.2 Å². The molecule has 1 N–H and O–H groups in total. The third kappa shape index (κ3) is 5.26. The zero-order valence-electron chi connectivity index (χ0n) is 17.5. The highest BCUT2D eigenvalue weighted by Crippen LogP contribution is 2.17. The highest BCUT2D eigenvalue weighted by Gasteiger charge is 2.05. The largest absolute Gasteiger partial charge is 0.323 e. The molecule has 0 bridgehead atoms. The van der Waals surface area contributed by atoms with E-state index >= 15 is 0 Å². The van der Waals surface area contributed by atoms with Crippen LogP contribution in [0, 0.1) is 0 Å². The van der Waals surface area contributed by atoms with Gasteiger partial charge in [-0.1, -0.05) is 26.5 Å². The van der Waals surface area contributed by atoms with E-state index in [4.69, 9.17) is 4.98 Å². The van der Waals surface area contributed by atoms with Gasteiger partial charge in [0.1, 0.15) is 12.1 Å². The second-order valence-corrected chi connectivity index (χ2v) is 7.23. The molecular formula is C23H26N6O. The molecule has 0 amide bonds. The molecule has 154 valence electrons. The minimum atomic E-state index is 0.366. The molecule has 3 aromatic heterocycles. The fourth-order valence-corrected chi connectivity index (χ4v) is 2.89. The van der Waals surface area contributed by atoms with Crippen LogP contribution in [0.3, 0.4) is 0 Å². The number of aryl methyl sites for hydroxylation is 1. The van der Waals surface area contributed by atoms with Gasteiger partial charge in [-0.3, -0.25) is 4.68 Å². The van der Waals surface area contributed by atoms with Crippen molar-refractivity contribution in [3.63, 3.8) is 0 Å². The van der Waals surface area contributed by atoms with Crippen molar-refractivity contribution in [2.75, 3.05) is 5.32 Å². The molecule has 30 heavy (non-hydrogen) atoms. The van der Waals surface area contributed by atoms with Crippen LogP contribution in [0.1, 0.15) is 44.2 Å². The van der Waals surface area contributed by atoms with Gasteiger partial charge in [0.2, 0.25) is 0 Å². The molecule has 0 aliphatic rings. The van der Waals surface area contributed by atoms with Crippen molar-refractivity contribution in [1.82, 2.24) is 25.0 Å². The van der Waals surface area contributed by atoms with Crippen LogP contribution in [0.2, 0.25) is 0 Å². The summed E-state index contributed by atoms with van der Waals surface area (Å²) in [5.74, 6) is 1.69. The fraction of sp³-hybridized carbons (Fsp3) is 0.261. The quantitative estimate of drug-likeness (QED) is 0.583. The minimum absolute atomic E-state index is 0.366. The van der Waals surface area contributed by atoms with E-state index in [9.17, 15) is 4.79 Å². The van der Waals surface area contributed by atoms with E-state index < -0.39 is 0 Å². The summed E-state index contributed by atoms with van der Waals surface area (Å²) < 4.78 is 1.76. The second-order valence-electron chi connectivity index (χ2n) is 7.23. The molecule has 3 rings (SSSR count). The van der Waals surface area contributed by atoms with Gasteiger partial charge < -0.3 is 10.1 Å².